The van der Waals surface area contributed by atoms with Gasteiger partial charge in [0.15, 0.2) is 15.8 Å². The second-order valence-corrected chi connectivity index (χ2v) is 6.50. The second kappa shape index (κ2) is 4.85. The quantitative estimate of drug-likeness (QED) is 0.572. The number of guanidine groups is 1. The first-order valence-corrected chi connectivity index (χ1v) is 7.43. The summed E-state index contributed by atoms with van der Waals surface area (Å²) in [6.07, 6.45) is 0. The summed E-state index contributed by atoms with van der Waals surface area (Å²) < 4.78 is 22.7. The average Bonchev–Trinajstić information content (AvgIpc) is 2.30. The number of sulfone groups is 1. The summed E-state index contributed by atoms with van der Waals surface area (Å²) in [4.78, 5) is 5.97. The van der Waals surface area contributed by atoms with Crippen molar-refractivity contribution >= 4 is 27.2 Å². The van der Waals surface area contributed by atoms with Gasteiger partial charge in [-0.15, -0.1) is 0 Å². The molecule has 1 aromatic carbocycles. The minimum absolute atomic E-state index is 0.0202. The molecular weight excluding hydrogens is 252 g/mol. The fourth-order valence-corrected chi connectivity index (χ4v) is 3.06. The molecule has 0 saturated carbocycles. The van der Waals surface area contributed by atoms with Crippen LogP contribution in [0.5, 0.6) is 0 Å². The number of benzene rings is 1. The van der Waals surface area contributed by atoms with E-state index < -0.39 is 9.84 Å². The van der Waals surface area contributed by atoms with Crippen LogP contribution in [-0.4, -0.2) is 39.0 Å². The molecule has 0 aromatic heterocycles. The first kappa shape index (κ1) is 12.7. The molecule has 0 atom stereocenters. The van der Waals surface area contributed by atoms with Crippen LogP contribution in [0, 0.1) is 0 Å². The van der Waals surface area contributed by atoms with E-state index in [1.54, 1.807) is 12.1 Å². The molecule has 0 aliphatic carbocycles. The van der Waals surface area contributed by atoms with Gasteiger partial charge in [0.2, 0.25) is 0 Å². The van der Waals surface area contributed by atoms with Crippen molar-refractivity contribution in [1.29, 1.82) is 0 Å². The van der Waals surface area contributed by atoms with Crippen LogP contribution in [-0.2, 0) is 9.84 Å². The lowest BCUT2D eigenvalue weighted by atomic mass is 10.2. The summed E-state index contributed by atoms with van der Waals surface area (Å²) >= 11 is 0. The smallest absolute Gasteiger partial charge is 0.191 e. The molecular formula is C11H16N4O2S. The molecule has 7 heteroatoms. The van der Waals surface area contributed by atoms with Crippen molar-refractivity contribution in [1.82, 2.24) is 0 Å². The molecule has 98 valence electrons. The summed E-state index contributed by atoms with van der Waals surface area (Å²) in [5.74, 6) is 0.442. The number of hydrogen-bond donors (Lipinski definition) is 2. The maximum Gasteiger partial charge on any atom is 0.191 e. The van der Waals surface area contributed by atoms with Crippen LogP contribution in [0.2, 0.25) is 0 Å². The number of aliphatic imine (C=N–C) groups is 1. The third-order valence-corrected chi connectivity index (χ3v) is 4.43. The van der Waals surface area contributed by atoms with E-state index in [1.165, 1.54) is 0 Å². The van der Waals surface area contributed by atoms with Crippen molar-refractivity contribution in [3.05, 3.63) is 24.3 Å². The minimum Gasteiger partial charge on any atom is -0.370 e. The van der Waals surface area contributed by atoms with E-state index in [1.807, 2.05) is 17.0 Å². The zero-order valence-electron chi connectivity index (χ0n) is 9.91. The molecule has 18 heavy (non-hydrogen) atoms. The zero-order chi connectivity index (χ0) is 13.2. The Morgan fingerprint density at radius 1 is 1.11 bits per heavy atom. The van der Waals surface area contributed by atoms with E-state index in [0.29, 0.717) is 18.8 Å². The van der Waals surface area contributed by atoms with Crippen molar-refractivity contribution in [3.63, 3.8) is 0 Å². The molecule has 6 nitrogen and oxygen atoms in total. The zero-order valence-corrected chi connectivity index (χ0v) is 10.7. The molecule has 0 amide bonds. The van der Waals surface area contributed by atoms with Crippen LogP contribution >= 0.6 is 0 Å². The number of nitrogens with two attached hydrogens (primary N) is 2. The molecule has 1 saturated heterocycles. The van der Waals surface area contributed by atoms with Crippen LogP contribution in [0.1, 0.15) is 0 Å². The molecule has 4 N–H and O–H groups in total. The van der Waals surface area contributed by atoms with E-state index in [4.69, 9.17) is 11.5 Å². The highest BCUT2D eigenvalue weighted by molar-refractivity contribution is 7.91. The first-order chi connectivity index (χ1) is 8.46. The lowest BCUT2D eigenvalue weighted by Crippen LogP contribution is -2.40. The highest BCUT2D eigenvalue weighted by Gasteiger charge is 2.21. The Morgan fingerprint density at radius 3 is 2.17 bits per heavy atom. The van der Waals surface area contributed by atoms with Crippen LogP contribution in [0.3, 0.4) is 0 Å². The van der Waals surface area contributed by atoms with Crippen LogP contribution in [0.4, 0.5) is 11.4 Å². The van der Waals surface area contributed by atoms with Gasteiger partial charge in [0.05, 0.1) is 17.2 Å². The highest BCUT2D eigenvalue weighted by atomic mass is 32.2. The third-order valence-electron chi connectivity index (χ3n) is 2.82. The van der Waals surface area contributed by atoms with E-state index in [0.717, 1.165) is 5.69 Å². The van der Waals surface area contributed by atoms with Gasteiger partial charge in [-0.1, -0.05) is 0 Å². The van der Waals surface area contributed by atoms with Gasteiger partial charge in [0.25, 0.3) is 0 Å². The molecule has 1 aliphatic rings. The Hall–Kier alpha value is -1.76. The molecule has 1 fully saturated rings. The van der Waals surface area contributed by atoms with E-state index in [9.17, 15) is 8.42 Å². The summed E-state index contributed by atoms with van der Waals surface area (Å²) in [6.45, 7) is 1.06. The van der Waals surface area contributed by atoms with Crippen molar-refractivity contribution in [3.8, 4) is 0 Å². The molecule has 1 aliphatic heterocycles. The van der Waals surface area contributed by atoms with Gasteiger partial charge in [-0.3, -0.25) is 0 Å². The first-order valence-electron chi connectivity index (χ1n) is 5.61. The van der Waals surface area contributed by atoms with E-state index in [2.05, 4.69) is 4.99 Å². The minimum atomic E-state index is -2.84. The van der Waals surface area contributed by atoms with E-state index >= 15 is 0 Å². The summed E-state index contributed by atoms with van der Waals surface area (Å²) in [6, 6.07) is 7.38. The monoisotopic (exact) mass is 268 g/mol. The summed E-state index contributed by atoms with van der Waals surface area (Å²) in [7, 11) is -2.84. The number of hydrogen-bond acceptors (Lipinski definition) is 4. The highest BCUT2D eigenvalue weighted by Crippen LogP contribution is 2.21. The van der Waals surface area contributed by atoms with Gasteiger partial charge >= 0.3 is 0 Å². The van der Waals surface area contributed by atoms with Crippen LogP contribution in [0.15, 0.2) is 29.3 Å². The predicted octanol–water partition coefficient (Wildman–Crippen LogP) is -0.174. The Balaban J connectivity index is 2.09. The van der Waals surface area contributed by atoms with Crippen LogP contribution in [0.25, 0.3) is 0 Å². The second-order valence-electron chi connectivity index (χ2n) is 4.19. The Kier molecular flexibility index (Phi) is 3.42. The lowest BCUT2D eigenvalue weighted by molar-refractivity contribution is 0.587. The van der Waals surface area contributed by atoms with Gasteiger partial charge in [0, 0.05) is 18.8 Å². The largest absolute Gasteiger partial charge is 0.370 e. The molecule has 1 heterocycles. The predicted molar refractivity (Wildman–Crippen MR) is 72.8 cm³/mol. The van der Waals surface area contributed by atoms with Crippen molar-refractivity contribution < 1.29 is 8.42 Å². The average molecular weight is 268 g/mol. The fraction of sp³-hybridized carbons (Fsp3) is 0.364. The normalized spacial score (nSPS) is 18.3. The van der Waals surface area contributed by atoms with Gasteiger partial charge in [-0.2, -0.15) is 0 Å². The maximum absolute atomic E-state index is 11.3. The van der Waals surface area contributed by atoms with Crippen LogP contribution < -0.4 is 16.4 Å². The number of rotatable bonds is 2. The molecule has 0 spiro atoms. The van der Waals surface area contributed by atoms with Gasteiger partial charge in [0.1, 0.15) is 0 Å². The molecule has 1 aromatic rings. The van der Waals surface area contributed by atoms with E-state index in [-0.39, 0.29) is 17.5 Å². The topological polar surface area (TPSA) is 102 Å². The lowest BCUT2D eigenvalue weighted by Gasteiger charge is -2.28. The van der Waals surface area contributed by atoms with Crippen molar-refractivity contribution in [2.24, 2.45) is 16.5 Å². The summed E-state index contributed by atoms with van der Waals surface area (Å²) in [5.41, 5.74) is 12.2. The van der Waals surface area contributed by atoms with Crippen molar-refractivity contribution in [2.75, 3.05) is 29.5 Å². The Morgan fingerprint density at radius 2 is 1.67 bits per heavy atom. The fourth-order valence-electron chi connectivity index (χ4n) is 1.86. The summed E-state index contributed by atoms with van der Waals surface area (Å²) in [5, 5.41) is 0. The number of anilines is 1. The third kappa shape index (κ3) is 3.13. The van der Waals surface area contributed by atoms with Crippen molar-refractivity contribution in [2.45, 2.75) is 0 Å². The Labute approximate surface area is 106 Å². The number of nitrogens with zero attached hydrogens (tertiary/aromatic N) is 2. The molecule has 0 unspecified atom stereocenters. The Bertz CT molecular complexity index is 533. The molecule has 0 bridgehead atoms. The standard InChI is InChI=1S/C11H16N4O2S/c12-11(13)14-9-1-3-10(4-2-9)15-5-7-18(16,17)8-6-15/h1-4H,5-8H2,(H4,12,13,14). The molecule has 0 radical (unpaired) electrons. The van der Waals surface area contributed by atoms with Gasteiger partial charge in [-0.05, 0) is 24.3 Å². The van der Waals surface area contributed by atoms with Gasteiger partial charge in [-0.25, -0.2) is 13.4 Å². The molecule has 2 rings (SSSR count). The van der Waals surface area contributed by atoms with Gasteiger partial charge < -0.3 is 16.4 Å². The maximum atomic E-state index is 11.3. The SMILES string of the molecule is NC(N)=Nc1ccc(N2CCS(=O)(=O)CC2)cc1.